The van der Waals surface area contributed by atoms with Crippen LogP contribution in [-0.4, -0.2) is 41.8 Å². The number of ether oxygens (including phenoxy) is 2. The number of aryl methyl sites for hydroxylation is 1. The van der Waals surface area contributed by atoms with E-state index in [0.29, 0.717) is 41.0 Å². The summed E-state index contributed by atoms with van der Waals surface area (Å²) in [6.45, 7) is 1.91. The van der Waals surface area contributed by atoms with Crippen LogP contribution in [0.2, 0.25) is 0 Å². The Balaban J connectivity index is 1.47. The highest BCUT2D eigenvalue weighted by molar-refractivity contribution is 5.63. The van der Waals surface area contributed by atoms with E-state index in [1.807, 2.05) is 22.8 Å². The Morgan fingerprint density at radius 2 is 1.88 bits per heavy atom. The summed E-state index contributed by atoms with van der Waals surface area (Å²) in [6.07, 6.45) is 2.16. The number of nitrogens with zero attached hydrogens (tertiary/aromatic N) is 7. The van der Waals surface area contributed by atoms with E-state index in [9.17, 15) is 4.39 Å². The van der Waals surface area contributed by atoms with Gasteiger partial charge in [0.25, 0.3) is 5.89 Å². The number of fused-ring (bicyclic) bond motifs is 5. The second-order valence-electron chi connectivity index (χ2n) is 7.73. The van der Waals surface area contributed by atoms with Gasteiger partial charge in [-0.05, 0) is 43.3 Å². The highest BCUT2D eigenvalue weighted by atomic mass is 19.1. The van der Waals surface area contributed by atoms with Crippen LogP contribution in [0.1, 0.15) is 22.9 Å². The van der Waals surface area contributed by atoms with Crippen LogP contribution in [0.4, 0.5) is 4.39 Å². The normalized spacial score (nSPS) is 12.0. The third-order valence-corrected chi connectivity index (χ3v) is 5.63. The number of halogens is 1. The van der Waals surface area contributed by atoms with Gasteiger partial charge >= 0.3 is 0 Å². The van der Waals surface area contributed by atoms with Crippen LogP contribution >= 0.6 is 0 Å². The van der Waals surface area contributed by atoms with E-state index in [4.69, 9.17) is 14.0 Å². The van der Waals surface area contributed by atoms with E-state index in [-0.39, 0.29) is 12.4 Å². The quantitative estimate of drug-likeness (QED) is 0.386. The maximum atomic E-state index is 13.2. The first-order valence-corrected chi connectivity index (χ1v) is 10.5. The van der Waals surface area contributed by atoms with Gasteiger partial charge in [-0.3, -0.25) is 4.57 Å². The molecule has 0 spiro atoms. The van der Waals surface area contributed by atoms with E-state index in [2.05, 4.69) is 25.4 Å². The van der Waals surface area contributed by atoms with Crippen LogP contribution in [0.15, 0.2) is 53.3 Å². The molecule has 0 radical (unpaired) electrons. The highest BCUT2D eigenvalue weighted by Gasteiger charge is 2.28. The lowest BCUT2D eigenvalue weighted by Crippen LogP contribution is -2.05. The van der Waals surface area contributed by atoms with Crippen LogP contribution in [0, 0.1) is 12.7 Å². The molecule has 6 rings (SSSR count). The van der Waals surface area contributed by atoms with E-state index in [1.54, 1.807) is 37.2 Å². The Morgan fingerprint density at radius 3 is 2.65 bits per heavy atom. The summed E-state index contributed by atoms with van der Waals surface area (Å²) >= 11 is 0. The van der Waals surface area contributed by atoms with Gasteiger partial charge in [-0.2, -0.15) is 4.98 Å². The van der Waals surface area contributed by atoms with Crippen LogP contribution < -0.4 is 9.47 Å². The van der Waals surface area contributed by atoms with Crippen molar-refractivity contribution in [3.63, 3.8) is 0 Å². The zero-order chi connectivity index (χ0) is 23.2. The lowest BCUT2D eigenvalue weighted by Gasteiger charge is -2.11. The third kappa shape index (κ3) is 3.29. The Kier molecular flexibility index (Phi) is 4.61. The van der Waals surface area contributed by atoms with E-state index in [0.717, 1.165) is 22.8 Å². The zero-order valence-electron chi connectivity index (χ0n) is 18.3. The van der Waals surface area contributed by atoms with Gasteiger partial charge in [0, 0.05) is 12.5 Å². The Hall–Kier alpha value is -4.54. The molecule has 0 atom stereocenters. The van der Waals surface area contributed by atoms with Crippen molar-refractivity contribution in [3.8, 4) is 34.5 Å². The van der Waals surface area contributed by atoms with E-state index in [1.165, 1.54) is 12.1 Å². The zero-order valence-corrected chi connectivity index (χ0v) is 18.3. The van der Waals surface area contributed by atoms with Crippen molar-refractivity contribution in [2.75, 3.05) is 7.11 Å². The summed E-state index contributed by atoms with van der Waals surface area (Å²) in [7, 11) is 1.61. The van der Waals surface area contributed by atoms with Gasteiger partial charge in [0.15, 0.2) is 11.5 Å². The number of benzene rings is 2. The van der Waals surface area contributed by atoms with Gasteiger partial charge in [0.05, 0.1) is 29.9 Å². The SMILES string of the molecule is COc1ccc2c(c1)-n1nnc(COc3ccc(F)cc3)c1Cc1c(-c3nc(C)no3)ncn1-2. The molecule has 34 heavy (non-hydrogen) atoms. The molecule has 4 heterocycles. The van der Waals surface area contributed by atoms with Crippen molar-refractivity contribution in [3.05, 3.63) is 77.5 Å². The molecule has 5 aromatic rings. The molecule has 2 aromatic carbocycles. The summed E-state index contributed by atoms with van der Waals surface area (Å²) in [4.78, 5) is 8.93. The average Bonchev–Trinajstić information content (AvgIpc) is 3.55. The molecule has 1 aliphatic heterocycles. The largest absolute Gasteiger partial charge is 0.497 e. The van der Waals surface area contributed by atoms with Crippen molar-refractivity contribution < 1.29 is 18.4 Å². The molecule has 0 bridgehead atoms. The van der Waals surface area contributed by atoms with Gasteiger partial charge in [-0.25, -0.2) is 14.1 Å². The Bertz CT molecular complexity index is 1500. The third-order valence-electron chi connectivity index (χ3n) is 5.63. The monoisotopic (exact) mass is 459 g/mol. The predicted molar refractivity (Wildman–Crippen MR) is 117 cm³/mol. The topological polar surface area (TPSA) is 106 Å². The van der Waals surface area contributed by atoms with E-state index >= 15 is 0 Å². The second-order valence-corrected chi connectivity index (χ2v) is 7.73. The average molecular weight is 459 g/mol. The van der Waals surface area contributed by atoms with Crippen molar-refractivity contribution in [1.82, 2.24) is 34.7 Å². The Morgan fingerprint density at radius 1 is 1.06 bits per heavy atom. The standard InChI is InChI=1S/C23H18FN7O3/c1-13-26-23(34-28-13)22-21-10-19-17(11-33-15-5-3-14(24)4-6-15)27-29-31(19)20-9-16(32-2)7-8-18(20)30(21)12-25-22/h3-9,12H,10-11H2,1-2H3. The summed E-state index contributed by atoms with van der Waals surface area (Å²) in [5.41, 5.74) is 4.51. The molecule has 10 nitrogen and oxygen atoms in total. The maximum absolute atomic E-state index is 13.2. The second kappa shape index (κ2) is 7.80. The Labute approximate surface area is 192 Å². The van der Waals surface area contributed by atoms with Crippen molar-refractivity contribution in [2.24, 2.45) is 0 Å². The lowest BCUT2D eigenvalue weighted by atomic mass is 10.1. The molecule has 0 amide bonds. The van der Waals surface area contributed by atoms with Gasteiger partial charge < -0.3 is 14.0 Å². The van der Waals surface area contributed by atoms with Crippen LogP contribution in [0.5, 0.6) is 11.5 Å². The highest BCUT2D eigenvalue weighted by Crippen LogP contribution is 2.34. The predicted octanol–water partition coefficient (Wildman–Crippen LogP) is 3.44. The van der Waals surface area contributed by atoms with Gasteiger partial charge in [0.1, 0.15) is 35.9 Å². The fourth-order valence-electron chi connectivity index (χ4n) is 3.98. The molecule has 0 saturated carbocycles. The summed E-state index contributed by atoms with van der Waals surface area (Å²) in [6, 6.07) is 11.5. The number of rotatable bonds is 5. The first-order chi connectivity index (χ1) is 16.6. The van der Waals surface area contributed by atoms with Crippen LogP contribution in [0.25, 0.3) is 23.0 Å². The van der Waals surface area contributed by atoms with Gasteiger partial charge in [0.2, 0.25) is 0 Å². The fourth-order valence-corrected chi connectivity index (χ4v) is 3.98. The molecule has 0 N–H and O–H groups in total. The smallest absolute Gasteiger partial charge is 0.278 e. The minimum atomic E-state index is -0.326. The molecule has 170 valence electrons. The van der Waals surface area contributed by atoms with Crippen molar-refractivity contribution in [2.45, 2.75) is 20.0 Å². The van der Waals surface area contributed by atoms with Crippen LogP contribution in [-0.2, 0) is 13.0 Å². The number of methoxy groups -OCH3 is 1. The maximum Gasteiger partial charge on any atom is 0.278 e. The van der Waals surface area contributed by atoms with Crippen molar-refractivity contribution in [1.29, 1.82) is 0 Å². The first kappa shape index (κ1) is 20.1. The molecule has 0 saturated heterocycles. The molecule has 1 aliphatic rings. The van der Waals surface area contributed by atoms with Crippen LogP contribution in [0.3, 0.4) is 0 Å². The minimum absolute atomic E-state index is 0.156. The molecular formula is C23H18FN7O3. The van der Waals surface area contributed by atoms with Gasteiger partial charge in [-0.1, -0.05) is 10.4 Å². The van der Waals surface area contributed by atoms with E-state index < -0.39 is 0 Å². The fraction of sp³-hybridized carbons (Fsp3) is 0.174. The first-order valence-electron chi connectivity index (χ1n) is 10.5. The number of imidazole rings is 1. The molecule has 3 aromatic heterocycles. The molecule has 0 aliphatic carbocycles. The summed E-state index contributed by atoms with van der Waals surface area (Å²) in [5.74, 6) is 1.75. The number of hydrogen-bond acceptors (Lipinski definition) is 8. The molecule has 11 heteroatoms. The number of aromatic nitrogens is 7. The summed E-state index contributed by atoms with van der Waals surface area (Å²) < 4.78 is 33.7. The molecule has 0 fully saturated rings. The lowest BCUT2D eigenvalue weighted by molar-refractivity contribution is 0.299. The minimum Gasteiger partial charge on any atom is -0.497 e. The van der Waals surface area contributed by atoms with Crippen molar-refractivity contribution >= 4 is 0 Å². The van der Waals surface area contributed by atoms with Gasteiger partial charge in [-0.15, -0.1) is 5.10 Å². The number of hydrogen-bond donors (Lipinski definition) is 0. The molecular weight excluding hydrogens is 441 g/mol. The molecule has 0 unspecified atom stereocenters. The summed E-state index contributed by atoms with van der Waals surface area (Å²) in [5, 5.41) is 12.7.